The van der Waals surface area contributed by atoms with Gasteiger partial charge in [0.05, 0.1) is 17.6 Å². The highest BCUT2D eigenvalue weighted by molar-refractivity contribution is 6.48. The Hall–Kier alpha value is -1.81. The molecule has 202 valence electrons. The van der Waals surface area contributed by atoms with Crippen LogP contribution in [0.3, 0.4) is 0 Å². The van der Waals surface area contributed by atoms with Crippen LogP contribution in [-0.4, -0.2) is 62.2 Å². The number of nitrogens with one attached hydrogen (secondary N) is 5. The fraction of sp³-hybridized carbons (Fsp3) is 0.885. The first-order valence-electron chi connectivity index (χ1n) is 13.9. The van der Waals surface area contributed by atoms with Crippen molar-refractivity contribution < 1.29 is 18.9 Å². The molecule has 5 N–H and O–H groups in total. The molecule has 0 unspecified atom stereocenters. The Morgan fingerprint density at radius 2 is 1.86 bits per heavy atom. The van der Waals surface area contributed by atoms with E-state index >= 15 is 0 Å². The minimum Gasteiger partial charge on any atom is -0.404 e. The highest BCUT2D eigenvalue weighted by Gasteiger charge is 2.68. The molecule has 0 spiro atoms. The smallest absolute Gasteiger partial charge is 0.404 e. The van der Waals surface area contributed by atoms with Crippen molar-refractivity contribution in [2.24, 2.45) is 29.1 Å². The summed E-state index contributed by atoms with van der Waals surface area (Å²) in [4.78, 5) is 26.1. The number of hydrogen-bond acceptors (Lipinski definition) is 5. The molecule has 9 nitrogen and oxygen atoms in total. The Bertz CT molecular complexity index is 850. The molecule has 10 heteroatoms. The summed E-state index contributed by atoms with van der Waals surface area (Å²) in [6, 6.07) is -0.621. The summed E-state index contributed by atoms with van der Waals surface area (Å²) in [6.07, 6.45) is 5.91. The van der Waals surface area contributed by atoms with E-state index in [1.807, 2.05) is 0 Å². The molecule has 1 aliphatic heterocycles. The van der Waals surface area contributed by atoms with Gasteiger partial charge in [-0.25, -0.2) is 0 Å². The zero-order chi connectivity index (χ0) is 26.3. The van der Waals surface area contributed by atoms with Gasteiger partial charge in [-0.3, -0.25) is 15.0 Å². The van der Waals surface area contributed by atoms with Gasteiger partial charge in [0.25, 0.3) is 0 Å². The molecular formula is C26H46BN5O4. The van der Waals surface area contributed by atoms with E-state index in [1.165, 1.54) is 6.42 Å². The topological polar surface area (TPSA) is 125 Å². The minimum atomic E-state index is -0.621. The number of amides is 2. The molecule has 0 aromatic carbocycles. The van der Waals surface area contributed by atoms with E-state index in [4.69, 9.17) is 14.7 Å². The fourth-order valence-electron chi connectivity index (χ4n) is 6.61. The highest BCUT2D eigenvalue weighted by Crippen LogP contribution is 2.65. The lowest BCUT2D eigenvalue weighted by molar-refractivity contribution is -0.199. The number of guanidine groups is 1. The average molecular weight is 503 g/mol. The molecule has 6 atom stereocenters. The van der Waals surface area contributed by atoms with Crippen LogP contribution in [0.2, 0.25) is 0 Å². The van der Waals surface area contributed by atoms with Crippen LogP contribution >= 0.6 is 0 Å². The van der Waals surface area contributed by atoms with Crippen LogP contribution in [0.15, 0.2) is 0 Å². The maximum absolute atomic E-state index is 13.5. The number of rotatable bonds is 11. The standard InChI is InChI=1S/C26H46BN5O4/c1-15(2)12-21(27-35-20-14-17-13-19(25(17,3)4)26(20,5)36-27)32-23(34)18(31-22(33)16-9-10-16)8-7-11-30-24(28)29-6/h15-21H,7-14H2,1-6H3,(H,31,33)(H,32,34)(H3,28,29,30)/t17-,18-,19-,20+,21-,26-/m0/s1. The van der Waals surface area contributed by atoms with Crippen molar-refractivity contribution in [3.05, 3.63) is 0 Å². The second kappa shape index (κ2) is 10.5. The van der Waals surface area contributed by atoms with Gasteiger partial charge >= 0.3 is 7.12 Å². The Kier molecular flexibility index (Phi) is 7.96. The normalized spacial score (nSPS) is 31.6. The van der Waals surface area contributed by atoms with E-state index in [2.05, 4.69) is 55.9 Å². The second-order valence-electron chi connectivity index (χ2n) is 12.6. The summed E-state index contributed by atoms with van der Waals surface area (Å²) >= 11 is 0. The first-order valence-corrected chi connectivity index (χ1v) is 13.9. The van der Waals surface area contributed by atoms with Crippen molar-refractivity contribution >= 4 is 24.9 Å². The largest absolute Gasteiger partial charge is 0.481 e. The summed E-state index contributed by atoms with van der Waals surface area (Å²) in [5.41, 5.74) is -0.0674. The predicted octanol–water partition coefficient (Wildman–Crippen LogP) is 2.20. The fourth-order valence-corrected chi connectivity index (χ4v) is 6.61. The lowest BCUT2D eigenvalue weighted by Crippen LogP contribution is -2.65. The molecule has 4 aliphatic carbocycles. The SMILES string of the molecule is CNC(=N)NCCC[C@H](NC(=O)C1CC1)C(=O)N[C@@H](CC(C)C)B1O[C@@H]2C[C@@H]3C[C@@H](C3(C)C)[C@]2(C)O1. The molecule has 0 aromatic rings. The van der Waals surface area contributed by atoms with Crippen LogP contribution in [0.25, 0.3) is 0 Å². The maximum atomic E-state index is 13.5. The van der Waals surface area contributed by atoms with Crippen LogP contribution in [0.1, 0.15) is 79.6 Å². The third-order valence-corrected chi connectivity index (χ3v) is 9.15. The molecule has 0 aromatic heterocycles. The molecule has 1 heterocycles. The first kappa shape index (κ1) is 27.2. The molecule has 36 heavy (non-hydrogen) atoms. The van der Waals surface area contributed by atoms with Crippen molar-refractivity contribution in [1.82, 2.24) is 21.3 Å². The Morgan fingerprint density at radius 1 is 1.14 bits per heavy atom. The summed E-state index contributed by atoms with van der Waals surface area (Å²) in [5, 5.41) is 19.6. The lowest BCUT2D eigenvalue weighted by atomic mass is 9.43. The summed E-state index contributed by atoms with van der Waals surface area (Å²) in [6.45, 7) is 11.7. The van der Waals surface area contributed by atoms with Crippen LogP contribution in [0, 0.1) is 34.5 Å². The molecule has 2 amide bonds. The van der Waals surface area contributed by atoms with Crippen LogP contribution in [0.4, 0.5) is 0 Å². The van der Waals surface area contributed by atoms with Crippen LogP contribution in [-0.2, 0) is 18.9 Å². The van der Waals surface area contributed by atoms with Crippen molar-refractivity contribution in [2.45, 2.75) is 103 Å². The third-order valence-electron chi connectivity index (χ3n) is 9.15. The lowest BCUT2D eigenvalue weighted by Gasteiger charge is -2.64. The number of hydrogen-bond donors (Lipinski definition) is 5. The first-order chi connectivity index (χ1) is 17.0. The summed E-state index contributed by atoms with van der Waals surface area (Å²) < 4.78 is 13.2. The molecule has 5 aliphatic rings. The molecule has 5 rings (SSSR count). The third kappa shape index (κ3) is 5.54. The molecule has 1 saturated heterocycles. The van der Waals surface area contributed by atoms with E-state index in [0.29, 0.717) is 37.1 Å². The van der Waals surface area contributed by atoms with Gasteiger partial charge in [0.2, 0.25) is 11.8 Å². The van der Waals surface area contributed by atoms with Crippen LogP contribution < -0.4 is 21.3 Å². The predicted molar refractivity (Wildman–Crippen MR) is 140 cm³/mol. The van der Waals surface area contributed by atoms with Gasteiger partial charge in [-0.1, -0.05) is 27.7 Å². The Labute approximate surface area is 216 Å². The van der Waals surface area contributed by atoms with Gasteiger partial charge in [-0.2, -0.15) is 0 Å². The van der Waals surface area contributed by atoms with Crippen molar-refractivity contribution in [1.29, 1.82) is 5.41 Å². The Balaban J connectivity index is 1.41. The van der Waals surface area contributed by atoms with Gasteiger partial charge in [0.1, 0.15) is 6.04 Å². The number of carbonyl (C=O) groups excluding carboxylic acids is 2. The van der Waals surface area contributed by atoms with Gasteiger partial charge < -0.3 is 30.6 Å². The molecule has 2 bridgehead atoms. The zero-order valence-electron chi connectivity index (χ0n) is 22.9. The van der Waals surface area contributed by atoms with E-state index < -0.39 is 13.2 Å². The molecule has 5 fully saturated rings. The summed E-state index contributed by atoms with van der Waals surface area (Å²) in [7, 11) is 1.20. The molecular weight excluding hydrogens is 457 g/mol. The van der Waals surface area contributed by atoms with Crippen molar-refractivity contribution in [3.63, 3.8) is 0 Å². The maximum Gasteiger partial charge on any atom is 0.481 e. The summed E-state index contributed by atoms with van der Waals surface area (Å²) in [5.74, 6) is 1.24. The molecule has 4 saturated carbocycles. The molecule has 0 radical (unpaired) electrons. The Morgan fingerprint density at radius 3 is 2.47 bits per heavy atom. The van der Waals surface area contributed by atoms with E-state index in [0.717, 1.165) is 25.7 Å². The van der Waals surface area contributed by atoms with Crippen LogP contribution in [0.5, 0.6) is 0 Å². The van der Waals surface area contributed by atoms with E-state index in [-0.39, 0.29) is 46.8 Å². The quantitative estimate of drug-likeness (QED) is 0.127. The second-order valence-corrected chi connectivity index (χ2v) is 12.6. The monoisotopic (exact) mass is 503 g/mol. The average Bonchev–Trinajstić information content (AvgIpc) is 3.60. The van der Waals surface area contributed by atoms with Crippen molar-refractivity contribution in [2.75, 3.05) is 13.6 Å². The highest BCUT2D eigenvalue weighted by atomic mass is 16.7. The van der Waals surface area contributed by atoms with Crippen molar-refractivity contribution in [3.8, 4) is 0 Å². The van der Waals surface area contributed by atoms with Gasteiger partial charge in [-0.15, -0.1) is 0 Å². The van der Waals surface area contributed by atoms with Gasteiger partial charge in [0.15, 0.2) is 5.96 Å². The zero-order valence-corrected chi connectivity index (χ0v) is 22.9. The van der Waals surface area contributed by atoms with E-state index in [1.54, 1.807) is 7.05 Å². The van der Waals surface area contributed by atoms with Gasteiger partial charge in [0, 0.05) is 19.5 Å². The van der Waals surface area contributed by atoms with Gasteiger partial charge in [-0.05, 0) is 75.0 Å². The minimum absolute atomic E-state index is 0.0294. The number of carbonyl (C=O) groups is 2. The van der Waals surface area contributed by atoms with E-state index in [9.17, 15) is 9.59 Å².